The molecule has 0 aromatic heterocycles. The van der Waals surface area contributed by atoms with E-state index in [9.17, 15) is 4.79 Å². The van der Waals surface area contributed by atoms with Crippen molar-refractivity contribution in [2.75, 3.05) is 7.05 Å². The van der Waals surface area contributed by atoms with Gasteiger partial charge >= 0.3 is 0 Å². The van der Waals surface area contributed by atoms with Gasteiger partial charge in [0.1, 0.15) is 0 Å². The molecule has 1 atom stereocenters. The Morgan fingerprint density at radius 2 is 1.86 bits per heavy atom. The molecule has 0 heterocycles. The Bertz CT molecular complexity index is 597. The molecule has 0 aliphatic heterocycles. The lowest BCUT2D eigenvalue weighted by molar-refractivity contribution is 0.0838. The van der Waals surface area contributed by atoms with Gasteiger partial charge in [-0.3, -0.25) is 9.69 Å². The van der Waals surface area contributed by atoms with E-state index >= 15 is 0 Å². The number of rotatable bonds is 6. The molecule has 2 aromatic rings. The molecule has 0 amide bonds. The van der Waals surface area contributed by atoms with E-state index in [-0.39, 0.29) is 11.8 Å². The largest absolute Gasteiger partial charge is 0.292 e. The van der Waals surface area contributed by atoms with Gasteiger partial charge in [0.15, 0.2) is 5.78 Å². The van der Waals surface area contributed by atoms with E-state index in [1.165, 1.54) is 5.56 Å². The molecule has 1 unspecified atom stereocenters. The third kappa shape index (κ3) is 4.26. The summed E-state index contributed by atoms with van der Waals surface area (Å²) in [6.07, 6.45) is 0.804. The zero-order chi connectivity index (χ0) is 15.2. The Balaban J connectivity index is 2.11. The van der Waals surface area contributed by atoms with Crippen molar-refractivity contribution in [1.82, 2.24) is 4.90 Å². The fourth-order valence-electron chi connectivity index (χ4n) is 2.53. The third-order valence-corrected chi connectivity index (χ3v) is 4.09. The first-order valence-electron chi connectivity index (χ1n) is 7.15. The van der Waals surface area contributed by atoms with Crippen LogP contribution in [0.2, 0.25) is 0 Å². The van der Waals surface area contributed by atoms with Gasteiger partial charge in [0, 0.05) is 16.6 Å². The number of carbonyl (C=O) groups is 1. The quantitative estimate of drug-likeness (QED) is 0.716. The minimum Gasteiger partial charge on any atom is -0.292 e. The van der Waals surface area contributed by atoms with Crippen molar-refractivity contribution in [2.45, 2.75) is 25.9 Å². The smallest absolute Gasteiger partial charge is 0.179 e. The van der Waals surface area contributed by atoms with Gasteiger partial charge in [-0.25, -0.2) is 0 Å². The summed E-state index contributed by atoms with van der Waals surface area (Å²) >= 11 is 3.49. The standard InChI is InChI=1S/C18H20BrNO/c1-3-17(18(21)15-9-5-4-6-10-15)20(2)13-14-8-7-11-16(19)12-14/h4-12,17H,3,13H2,1-2H3. The topological polar surface area (TPSA) is 20.3 Å². The molecule has 110 valence electrons. The van der Waals surface area contributed by atoms with E-state index < -0.39 is 0 Å². The summed E-state index contributed by atoms with van der Waals surface area (Å²) in [7, 11) is 2.01. The maximum Gasteiger partial charge on any atom is 0.179 e. The predicted octanol–water partition coefficient (Wildman–Crippen LogP) is 4.54. The van der Waals surface area contributed by atoms with Crippen molar-refractivity contribution in [2.24, 2.45) is 0 Å². The van der Waals surface area contributed by atoms with E-state index in [0.717, 1.165) is 23.0 Å². The van der Waals surface area contributed by atoms with Crippen LogP contribution in [-0.4, -0.2) is 23.8 Å². The van der Waals surface area contributed by atoms with E-state index in [2.05, 4.69) is 39.9 Å². The van der Waals surface area contributed by atoms with Gasteiger partial charge in [0.2, 0.25) is 0 Å². The first kappa shape index (κ1) is 15.9. The summed E-state index contributed by atoms with van der Waals surface area (Å²) in [5.41, 5.74) is 1.98. The number of benzene rings is 2. The Kier molecular flexibility index (Phi) is 5.71. The maximum absolute atomic E-state index is 12.6. The highest BCUT2D eigenvalue weighted by molar-refractivity contribution is 9.10. The molecule has 0 saturated heterocycles. The lowest BCUT2D eigenvalue weighted by atomic mass is 10.0. The van der Waals surface area contributed by atoms with Gasteiger partial charge in [-0.05, 0) is 31.2 Å². The normalized spacial score (nSPS) is 12.4. The highest BCUT2D eigenvalue weighted by Crippen LogP contribution is 2.17. The monoisotopic (exact) mass is 345 g/mol. The van der Waals surface area contributed by atoms with Crippen LogP contribution in [0, 0.1) is 0 Å². The third-order valence-electron chi connectivity index (χ3n) is 3.60. The van der Waals surface area contributed by atoms with Crippen molar-refractivity contribution in [1.29, 1.82) is 0 Å². The minimum atomic E-state index is -0.0913. The molecule has 0 spiro atoms. The van der Waals surface area contributed by atoms with Gasteiger partial charge in [-0.2, -0.15) is 0 Å². The molecule has 0 N–H and O–H groups in total. The van der Waals surface area contributed by atoms with Crippen molar-refractivity contribution >= 4 is 21.7 Å². The second kappa shape index (κ2) is 7.53. The van der Waals surface area contributed by atoms with Crippen molar-refractivity contribution in [3.63, 3.8) is 0 Å². The Hall–Kier alpha value is -1.45. The van der Waals surface area contributed by atoms with Crippen LogP contribution in [0.1, 0.15) is 29.3 Å². The van der Waals surface area contributed by atoms with Crippen LogP contribution in [0.5, 0.6) is 0 Å². The summed E-state index contributed by atoms with van der Waals surface area (Å²) < 4.78 is 1.07. The molecule has 2 nitrogen and oxygen atoms in total. The van der Waals surface area contributed by atoms with Gasteiger partial charge in [0.25, 0.3) is 0 Å². The average Bonchev–Trinajstić information content (AvgIpc) is 2.48. The molecule has 2 aromatic carbocycles. The number of nitrogens with zero attached hydrogens (tertiary/aromatic N) is 1. The summed E-state index contributed by atoms with van der Waals surface area (Å²) in [5.74, 6) is 0.190. The van der Waals surface area contributed by atoms with E-state index in [1.807, 2.05) is 49.5 Å². The molecule has 3 heteroatoms. The molecule has 2 rings (SSSR count). The van der Waals surface area contributed by atoms with Crippen LogP contribution in [0.25, 0.3) is 0 Å². The van der Waals surface area contributed by atoms with E-state index in [1.54, 1.807) is 0 Å². The van der Waals surface area contributed by atoms with Crippen molar-refractivity contribution in [3.05, 3.63) is 70.2 Å². The Morgan fingerprint density at radius 1 is 1.14 bits per heavy atom. The number of hydrogen-bond donors (Lipinski definition) is 0. The summed E-state index contributed by atoms with van der Waals surface area (Å²) in [5, 5.41) is 0. The zero-order valence-electron chi connectivity index (χ0n) is 12.4. The fraction of sp³-hybridized carbons (Fsp3) is 0.278. The molecule has 0 aliphatic rings. The van der Waals surface area contributed by atoms with Crippen molar-refractivity contribution in [3.8, 4) is 0 Å². The summed E-state index contributed by atoms with van der Waals surface area (Å²) in [6, 6.07) is 17.6. The predicted molar refractivity (Wildman–Crippen MR) is 90.5 cm³/mol. The fourth-order valence-corrected chi connectivity index (χ4v) is 2.97. The van der Waals surface area contributed by atoms with Crippen LogP contribution >= 0.6 is 15.9 Å². The molecule has 0 fully saturated rings. The first-order valence-corrected chi connectivity index (χ1v) is 7.95. The molecule has 0 saturated carbocycles. The molecule has 0 bridgehead atoms. The second-order valence-electron chi connectivity index (χ2n) is 5.20. The molecule has 0 aliphatic carbocycles. The van der Waals surface area contributed by atoms with Crippen molar-refractivity contribution < 1.29 is 4.79 Å². The van der Waals surface area contributed by atoms with Crippen LogP contribution in [0.4, 0.5) is 0 Å². The van der Waals surface area contributed by atoms with Gasteiger partial charge in [-0.1, -0.05) is 65.3 Å². The van der Waals surface area contributed by atoms with Crippen LogP contribution in [-0.2, 0) is 6.54 Å². The number of ketones is 1. The summed E-state index contributed by atoms with van der Waals surface area (Å²) in [4.78, 5) is 14.7. The molecular weight excluding hydrogens is 326 g/mol. The summed E-state index contributed by atoms with van der Waals surface area (Å²) in [6.45, 7) is 2.82. The minimum absolute atomic E-state index is 0.0913. The lowest BCUT2D eigenvalue weighted by Gasteiger charge is -2.26. The highest BCUT2D eigenvalue weighted by atomic mass is 79.9. The van der Waals surface area contributed by atoms with Crippen LogP contribution < -0.4 is 0 Å². The maximum atomic E-state index is 12.6. The number of hydrogen-bond acceptors (Lipinski definition) is 2. The number of likely N-dealkylation sites (N-methyl/N-ethyl adjacent to an activating group) is 1. The molecule has 0 radical (unpaired) electrons. The second-order valence-corrected chi connectivity index (χ2v) is 6.12. The van der Waals surface area contributed by atoms with Crippen LogP contribution in [0.15, 0.2) is 59.1 Å². The number of halogens is 1. The highest BCUT2D eigenvalue weighted by Gasteiger charge is 2.22. The van der Waals surface area contributed by atoms with E-state index in [4.69, 9.17) is 0 Å². The average molecular weight is 346 g/mol. The Labute approximate surface area is 134 Å². The van der Waals surface area contributed by atoms with Gasteiger partial charge in [-0.15, -0.1) is 0 Å². The van der Waals surface area contributed by atoms with Gasteiger partial charge in [0.05, 0.1) is 6.04 Å². The first-order chi connectivity index (χ1) is 10.1. The van der Waals surface area contributed by atoms with Crippen LogP contribution in [0.3, 0.4) is 0 Å². The van der Waals surface area contributed by atoms with E-state index in [0.29, 0.717) is 0 Å². The number of carbonyl (C=O) groups excluding carboxylic acids is 1. The Morgan fingerprint density at radius 3 is 2.48 bits per heavy atom. The van der Waals surface area contributed by atoms with Gasteiger partial charge < -0.3 is 0 Å². The zero-order valence-corrected chi connectivity index (χ0v) is 14.0. The lowest BCUT2D eigenvalue weighted by Crippen LogP contribution is -2.37. The molecular formula is C18H20BrNO. The number of Topliss-reactive ketones (excluding diaryl/α,β-unsaturated/α-hetero) is 1. The molecule has 21 heavy (non-hydrogen) atoms. The SMILES string of the molecule is CCC(C(=O)c1ccccc1)N(C)Cc1cccc(Br)c1.